The van der Waals surface area contributed by atoms with Crippen molar-refractivity contribution in [3.05, 3.63) is 0 Å². The number of aliphatic hydroxyl groups is 1. The third-order valence-electron chi connectivity index (χ3n) is 3.31. The third-order valence-corrected chi connectivity index (χ3v) is 3.31. The minimum absolute atomic E-state index is 0.147. The van der Waals surface area contributed by atoms with Gasteiger partial charge in [0.15, 0.2) is 0 Å². The second-order valence-electron chi connectivity index (χ2n) is 5.14. The van der Waals surface area contributed by atoms with Crippen LogP contribution in [-0.2, 0) is 9.53 Å². The van der Waals surface area contributed by atoms with Gasteiger partial charge in [0, 0.05) is 20.0 Å². The molecular formula is C13H25NO3. The Bertz CT molecular complexity index is 243. The lowest BCUT2D eigenvalue weighted by atomic mass is 10.1. The number of hydrogen-bond acceptors (Lipinski definition) is 3. The van der Waals surface area contributed by atoms with Crippen molar-refractivity contribution in [2.45, 2.75) is 64.3 Å². The molecular weight excluding hydrogens is 218 g/mol. The fraction of sp³-hybridized carbons (Fsp3) is 0.923. The van der Waals surface area contributed by atoms with Gasteiger partial charge in [0.05, 0.1) is 18.3 Å². The van der Waals surface area contributed by atoms with Crippen LogP contribution in [-0.4, -0.2) is 47.8 Å². The minimum Gasteiger partial charge on any atom is -0.393 e. The molecule has 4 heteroatoms. The van der Waals surface area contributed by atoms with Crippen LogP contribution >= 0.6 is 0 Å². The lowest BCUT2D eigenvalue weighted by Crippen LogP contribution is -2.30. The lowest BCUT2D eigenvalue weighted by molar-refractivity contribution is -0.130. The fourth-order valence-corrected chi connectivity index (χ4v) is 2.08. The quantitative estimate of drug-likeness (QED) is 0.770. The number of hydrogen-bond donors (Lipinski definition) is 1. The maximum Gasteiger partial charge on any atom is 0.222 e. The van der Waals surface area contributed by atoms with Crippen molar-refractivity contribution >= 4 is 5.91 Å². The van der Waals surface area contributed by atoms with Gasteiger partial charge in [-0.05, 0) is 39.5 Å². The van der Waals surface area contributed by atoms with Gasteiger partial charge in [-0.1, -0.05) is 0 Å². The predicted molar refractivity (Wildman–Crippen MR) is 66.7 cm³/mol. The minimum atomic E-state index is -0.343. The average Bonchev–Trinajstić information content (AvgIpc) is 2.68. The summed E-state index contributed by atoms with van der Waals surface area (Å²) in [4.78, 5) is 13.5. The lowest BCUT2D eigenvalue weighted by Gasteiger charge is -2.19. The number of carbonyl (C=O) groups excluding carboxylic acids is 1. The predicted octanol–water partition coefficient (Wildman–Crippen LogP) is 1.56. The molecule has 1 fully saturated rings. The molecule has 100 valence electrons. The number of aliphatic hydroxyl groups excluding tert-OH is 1. The van der Waals surface area contributed by atoms with Gasteiger partial charge in [0.1, 0.15) is 0 Å². The van der Waals surface area contributed by atoms with Crippen molar-refractivity contribution in [3.8, 4) is 0 Å². The highest BCUT2D eigenvalue weighted by molar-refractivity contribution is 5.75. The van der Waals surface area contributed by atoms with Crippen LogP contribution in [0.2, 0.25) is 0 Å². The van der Waals surface area contributed by atoms with E-state index in [9.17, 15) is 4.79 Å². The molecule has 1 saturated heterocycles. The van der Waals surface area contributed by atoms with Gasteiger partial charge < -0.3 is 14.7 Å². The first-order valence-electron chi connectivity index (χ1n) is 6.56. The number of nitrogens with zero attached hydrogens (tertiary/aromatic N) is 1. The summed E-state index contributed by atoms with van der Waals surface area (Å²) in [6.45, 7) is 4.45. The van der Waals surface area contributed by atoms with Gasteiger partial charge in [-0.2, -0.15) is 0 Å². The molecule has 17 heavy (non-hydrogen) atoms. The molecule has 0 radical (unpaired) electrons. The second kappa shape index (κ2) is 6.97. The zero-order chi connectivity index (χ0) is 12.8. The summed E-state index contributed by atoms with van der Waals surface area (Å²) >= 11 is 0. The van der Waals surface area contributed by atoms with E-state index in [0.717, 1.165) is 19.3 Å². The van der Waals surface area contributed by atoms with Crippen LogP contribution in [0.3, 0.4) is 0 Å². The first kappa shape index (κ1) is 14.5. The van der Waals surface area contributed by atoms with Gasteiger partial charge in [-0.25, -0.2) is 0 Å². The Morgan fingerprint density at radius 1 is 1.53 bits per heavy atom. The Labute approximate surface area is 104 Å². The third kappa shape index (κ3) is 5.50. The Morgan fingerprint density at radius 2 is 2.24 bits per heavy atom. The van der Waals surface area contributed by atoms with Crippen molar-refractivity contribution in [2.24, 2.45) is 0 Å². The van der Waals surface area contributed by atoms with Crippen LogP contribution < -0.4 is 0 Å². The molecule has 3 unspecified atom stereocenters. The van der Waals surface area contributed by atoms with E-state index in [1.807, 2.05) is 0 Å². The SMILES string of the molecule is CC(O)CCN(C)C(=O)CCC1CCC(C)O1. The highest BCUT2D eigenvalue weighted by atomic mass is 16.5. The smallest absolute Gasteiger partial charge is 0.222 e. The summed E-state index contributed by atoms with van der Waals surface area (Å²) in [5, 5.41) is 9.16. The molecule has 0 aliphatic carbocycles. The molecule has 0 spiro atoms. The summed E-state index contributed by atoms with van der Waals surface area (Å²) in [6.07, 6.45) is 4.46. The molecule has 0 bridgehead atoms. The summed E-state index contributed by atoms with van der Waals surface area (Å²) in [5.41, 5.74) is 0. The Hall–Kier alpha value is -0.610. The van der Waals surface area contributed by atoms with Crippen LogP contribution in [0.4, 0.5) is 0 Å². The largest absolute Gasteiger partial charge is 0.393 e. The van der Waals surface area contributed by atoms with Gasteiger partial charge in [0.25, 0.3) is 0 Å². The monoisotopic (exact) mass is 243 g/mol. The van der Waals surface area contributed by atoms with E-state index in [2.05, 4.69) is 6.92 Å². The van der Waals surface area contributed by atoms with Crippen LogP contribution in [0.5, 0.6) is 0 Å². The molecule has 0 aromatic rings. The standard InChI is InChI=1S/C13H25NO3/c1-10(15)8-9-14(3)13(16)7-6-12-5-4-11(2)17-12/h10-12,15H,4-9H2,1-3H3. The Balaban J connectivity index is 2.15. The van der Waals surface area contributed by atoms with E-state index in [1.54, 1.807) is 18.9 Å². The molecule has 1 aliphatic rings. The van der Waals surface area contributed by atoms with E-state index in [1.165, 1.54) is 0 Å². The highest BCUT2D eigenvalue weighted by Gasteiger charge is 2.22. The van der Waals surface area contributed by atoms with Gasteiger partial charge in [-0.3, -0.25) is 4.79 Å². The molecule has 0 aromatic heterocycles. The Kier molecular flexibility index (Phi) is 5.92. The summed E-state index contributed by atoms with van der Waals surface area (Å²) < 4.78 is 5.68. The summed E-state index contributed by atoms with van der Waals surface area (Å²) in [5.74, 6) is 0.147. The number of amides is 1. The molecule has 1 N–H and O–H groups in total. The molecule has 0 saturated carbocycles. The van der Waals surface area contributed by atoms with Crippen molar-refractivity contribution in [1.82, 2.24) is 4.90 Å². The number of carbonyl (C=O) groups is 1. The maximum atomic E-state index is 11.8. The molecule has 1 aliphatic heterocycles. The molecule has 1 amide bonds. The average molecular weight is 243 g/mol. The van der Waals surface area contributed by atoms with Crippen molar-refractivity contribution in [2.75, 3.05) is 13.6 Å². The molecule has 1 rings (SSSR count). The Morgan fingerprint density at radius 3 is 2.76 bits per heavy atom. The van der Waals surface area contributed by atoms with Gasteiger partial charge >= 0.3 is 0 Å². The first-order valence-corrected chi connectivity index (χ1v) is 6.56. The number of rotatable bonds is 6. The van der Waals surface area contributed by atoms with Crippen molar-refractivity contribution < 1.29 is 14.6 Å². The zero-order valence-electron chi connectivity index (χ0n) is 11.2. The molecule has 0 aromatic carbocycles. The maximum absolute atomic E-state index is 11.8. The summed E-state index contributed by atoms with van der Waals surface area (Å²) in [7, 11) is 1.79. The van der Waals surface area contributed by atoms with Crippen molar-refractivity contribution in [3.63, 3.8) is 0 Å². The highest BCUT2D eigenvalue weighted by Crippen LogP contribution is 2.22. The van der Waals surface area contributed by atoms with Gasteiger partial charge in [0.2, 0.25) is 5.91 Å². The molecule has 3 atom stereocenters. The van der Waals surface area contributed by atoms with Crippen molar-refractivity contribution in [1.29, 1.82) is 0 Å². The second-order valence-corrected chi connectivity index (χ2v) is 5.14. The molecule has 1 heterocycles. The van der Waals surface area contributed by atoms with Crippen LogP contribution in [0, 0.1) is 0 Å². The molecule has 4 nitrogen and oxygen atoms in total. The number of ether oxygens (including phenoxy) is 1. The van der Waals surface area contributed by atoms with E-state index < -0.39 is 0 Å². The van der Waals surface area contributed by atoms with Crippen LogP contribution in [0.1, 0.15) is 46.0 Å². The topological polar surface area (TPSA) is 49.8 Å². The zero-order valence-corrected chi connectivity index (χ0v) is 11.2. The van der Waals surface area contributed by atoms with Crippen LogP contribution in [0.25, 0.3) is 0 Å². The van der Waals surface area contributed by atoms with Crippen LogP contribution in [0.15, 0.2) is 0 Å². The first-order chi connectivity index (χ1) is 7.99. The van der Waals surface area contributed by atoms with E-state index >= 15 is 0 Å². The van der Waals surface area contributed by atoms with Gasteiger partial charge in [-0.15, -0.1) is 0 Å². The summed E-state index contributed by atoms with van der Waals surface area (Å²) in [6, 6.07) is 0. The van der Waals surface area contributed by atoms with E-state index in [4.69, 9.17) is 9.84 Å². The fourth-order valence-electron chi connectivity index (χ4n) is 2.08. The van der Waals surface area contributed by atoms with E-state index in [0.29, 0.717) is 25.5 Å². The normalized spacial score (nSPS) is 25.9. The van der Waals surface area contributed by atoms with E-state index in [-0.39, 0.29) is 18.1 Å².